The van der Waals surface area contributed by atoms with Gasteiger partial charge in [0, 0.05) is 27.6 Å². The Morgan fingerprint density at radius 1 is 0.750 bits per heavy atom. The average molecular weight is 362 g/mol. The van der Waals surface area contributed by atoms with Crippen LogP contribution in [0, 0.1) is 0 Å². The van der Waals surface area contributed by atoms with E-state index in [9.17, 15) is 9.90 Å². The summed E-state index contributed by atoms with van der Waals surface area (Å²) in [5.74, 6) is -0.151. The molecule has 0 radical (unpaired) electrons. The highest BCUT2D eigenvalue weighted by molar-refractivity contribution is 6.29. The molecule has 28 heavy (non-hydrogen) atoms. The Hall–Kier alpha value is -3.92. The lowest BCUT2D eigenvalue weighted by Crippen LogP contribution is -2.07. The summed E-state index contributed by atoms with van der Waals surface area (Å²) in [6.07, 6.45) is 3.21. The number of rotatable bonds is 0. The van der Waals surface area contributed by atoms with Crippen LogP contribution in [0.4, 0.5) is 0 Å². The van der Waals surface area contributed by atoms with Crippen LogP contribution >= 0.6 is 0 Å². The summed E-state index contributed by atoms with van der Waals surface area (Å²) in [5.41, 5.74) is 1.08. The molecule has 0 amide bonds. The highest BCUT2D eigenvalue weighted by atomic mass is 16.3. The highest BCUT2D eigenvalue weighted by Crippen LogP contribution is 2.42. The molecule has 7 aromatic rings. The summed E-state index contributed by atoms with van der Waals surface area (Å²) < 4.78 is 11.3. The highest BCUT2D eigenvalue weighted by Gasteiger charge is 2.21. The van der Waals surface area contributed by atoms with Crippen molar-refractivity contribution in [2.24, 2.45) is 0 Å². The van der Waals surface area contributed by atoms with Crippen molar-refractivity contribution in [2.45, 2.75) is 0 Å². The molecule has 0 aliphatic heterocycles. The summed E-state index contributed by atoms with van der Waals surface area (Å²) in [7, 11) is 0. The Labute approximate surface area is 156 Å². The Morgan fingerprint density at radius 3 is 2.39 bits per heavy atom. The van der Waals surface area contributed by atoms with Gasteiger partial charge in [0.15, 0.2) is 5.43 Å². The minimum Gasteiger partial charge on any atom is -0.872 e. The van der Waals surface area contributed by atoms with E-state index in [1.54, 1.807) is 24.7 Å². The first-order chi connectivity index (χ1) is 13.7. The fourth-order valence-corrected chi connectivity index (χ4v) is 4.74. The molecule has 0 spiro atoms. The van der Waals surface area contributed by atoms with Gasteiger partial charge in [0.2, 0.25) is 0 Å². The second kappa shape index (κ2) is 4.49. The van der Waals surface area contributed by atoms with E-state index >= 15 is 0 Å². The Bertz CT molecular complexity index is 1790. The van der Waals surface area contributed by atoms with Gasteiger partial charge in [0.1, 0.15) is 5.58 Å². The third-order valence-corrected chi connectivity index (χ3v) is 5.92. The topological polar surface area (TPSA) is 64.6 Å². The summed E-state index contributed by atoms with van der Waals surface area (Å²) in [4.78, 5) is 13.5. The minimum atomic E-state index is -0.151. The molecular weight excluding hydrogens is 352 g/mol. The third kappa shape index (κ3) is 1.46. The molecule has 0 saturated carbocycles. The van der Waals surface area contributed by atoms with E-state index in [-0.39, 0.29) is 11.2 Å². The predicted molar refractivity (Wildman–Crippen MR) is 109 cm³/mol. The molecule has 4 heteroatoms. The third-order valence-electron chi connectivity index (χ3n) is 5.92. The van der Waals surface area contributed by atoms with Gasteiger partial charge in [-0.05, 0) is 39.1 Å². The Balaban J connectivity index is 1.87. The van der Waals surface area contributed by atoms with Gasteiger partial charge in [0.25, 0.3) is 0 Å². The number of fused-ring (bicyclic) bond motifs is 4. The molecular formula is C24H10O4. The lowest BCUT2D eigenvalue weighted by Gasteiger charge is -2.16. The lowest BCUT2D eigenvalue weighted by molar-refractivity contribution is -0.263. The zero-order chi connectivity index (χ0) is 18.6. The molecule has 2 aromatic heterocycles. The fourth-order valence-electron chi connectivity index (χ4n) is 4.74. The summed E-state index contributed by atoms with van der Waals surface area (Å²) in [6, 6.07) is 14.8. The first-order valence-electron chi connectivity index (χ1n) is 9.01. The zero-order valence-corrected chi connectivity index (χ0v) is 14.4. The predicted octanol–water partition coefficient (Wildman–Crippen LogP) is 5.38. The van der Waals surface area contributed by atoms with Gasteiger partial charge in [-0.3, -0.25) is 4.79 Å². The molecule has 0 bridgehead atoms. The number of hydrogen-bond acceptors (Lipinski definition) is 3. The van der Waals surface area contributed by atoms with Crippen LogP contribution < -0.4 is 10.5 Å². The maximum absolute atomic E-state index is 13.5. The fraction of sp³-hybridized carbons (Fsp3) is 0. The second-order valence-electron chi connectivity index (χ2n) is 7.25. The van der Waals surface area contributed by atoms with Crippen LogP contribution in [0.1, 0.15) is 0 Å². The van der Waals surface area contributed by atoms with Crippen molar-refractivity contribution in [3.63, 3.8) is 0 Å². The van der Waals surface area contributed by atoms with Gasteiger partial charge in [-0.1, -0.05) is 30.0 Å². The standard InChI is InChI=1S/C24H10O4/c25-23-16-10-18-20-12(6-8-28-18)2-4-14(20)22(16)24(26)15-9-17-19-11(5-7-27-17)1-3-13(19)21(15)23/h1-10H. The summed E-state index contributed by atoms with van der Waals surface area (Å²) in [5, 5.41) is 20.5. The second-order valence-corrected chi connectivity index (χ2v) is 7.25. The van der Waals surface area contributed by atoms with Crippen LogP contribution in [0.25, 0.3) is 65.0 Å². The maximum atomic E-state index is 13.5. The van der Waals surface area contributed by atoms with Crippen molar-refractivity contribution < 1.29 is 13.9 Å². The Morgan fingerprint density at radius 2 is 1.54 bits per heavy atom. The molecule has 2 heterocycles. The number of hydrogen-bond donors (Lipinski definition) is 0. The molecule has 4 nitrogen and oxygen atoms in total. The maximum Gasteiger partial charge on any atom is 0.361 e. The minimum absolute atomic E-state index is 0.151. The first kappa shape index (κ1) is 14.2. The van der Waals surface area contributed by atoms with E-state index in [1.807, 2.05) is 36.4 Å². The van der Waals surface area contributed by atoms with Crippen molar-refractivity contribution in [3.8, 4) is 5.75 Å². The average Bonchev–Trinajstić information content (AvgIpc) is 3.33. The molecule has 0 atom stereocenters. The van der Waals surface area contributed by atoms with E-state index < -0.39 is 0 Å². The van der Waals surface area contributed by atoms with Crippen LogP contribution in [0.2, 0.25) is 0 Å². The summed E-state index contributed by atoms with van der Waals surface area (Å²) in [6.45, 7) is 0. The number of benzene rings is 3. The molecule has 0 aliphatic rings. The van der Waals surface area contributed by atoms with Crippen LogP contribution in [-0.2, 0) is 0 Å². The van der Waals surface area contributed by atoms with Crippen LogP contribution in [0.15, 0.2) is 74.7 Å². The van der Waals surface area contributed by atoms with Crippen molar-refractivity contribution in [2.75, 3.05) is 0 Å². The molecule has 0 saturated heterocycles. The van der Waals surface area contributed by atoms with E-state index in [0.717, 1.165) is 32.3 Å². The molecule has 0 N–H and O–H groups in total. The van der Waals surface area contributed by atoms with E-state index in [4.69, 9.17) is 8.83 Å². The van der Waals surface area contributed by atoms with Crippen LogP contribution in [-0.4, -0.2) is 0 Å². The Kier molecular flexibility index (Phi) is 2.27. The zero-order valence-electron chi connectivity index (χ0n) is 14.4. The molecule has 0 fully saturated rings. The van der Waals surface area contributed by atoms with Gasteiger partial charge in [-0.15, -0.1) is 0 Å². The van der Waals surface area contributed by atoms with Crippen molar-refractivity contribution in [1.29, 1.82) is 0 Å². The van der Waals surface area contributed by atoms with Gasteiger partial charge in [-0.25, -0.2) is 4.42 Å². The van der Waals surface area contributed by atoms with E-state index in [1.165, 1.54) is 0 Å². The normalized spacial score (nSPS) is 12.6. The lowest BCUT2D eigenvalue weighted by atomic mass is 9.95. The molecule has 130 valence electrons. The van der Waals surface area contributed by atoms with Crippen LogP contribution in [0.5, 0.6) is 5.75 Å². The molecule has 0 unspecified atom stereocenters. The molecule has 0 aliphatic carbocycles. The largest absolute Gasteiger partial charge is 0.872 e. The van der Waals surface area contributed by atoms with E-state index in [2.05, 4.69) is 0 Å². The van der Waals surface area contributed by atoms with Crippen LogP contribution in [0.3, 0.4) is 0 Å². The molecule has 5 aromatic carbocycles. The van der Waals surface area contributed by atoms with Crippen molar-refractivity contribution in [1.82, 2.24) is 0 Å². The van der Waals surface area contributed by atoms with Gasteiger partial charge in [-0.2, -0.15) is 0 Å². The van der Waals surface area contributed by atoms with Crippen molar-refractivity contribution >= 4 is 65.0 Å². The van der Waals surface area contributed by atoms with Crippen molar-refractivity contribution in [3.05, 3.63) is 71.3 Å². The van der Waals surface area contributed by atoms with Gasteiger partial charge >= 0.3 is 11.8 Å². The van der Waals surface area contributed by atoms with Gasteiger partial charge < -0.3 is 9.52 Å². The molecule has 7 rings (SSSR count). The SMILES string of the molecule is O=c1c2cc3[o+]ccc4ccc(c2c([O-])c2cc5occc6ccc(c12)c65)c43. The van der Waals surface area contributed by atoms with E-state index in [0.29, 0.717) is 32.7 Å². The summed E-state index contributed by atoms with van der Waals surface area (Å²) >= 11 is 0. The monoisotopic (exact) mass is 362 g/mol. The quantitative estimate of drug-likeness (QED) is 0.268. The van der Waals surface area contributed by atoms with Gasteiger partial charge in [0.05, 0.1) is 17.7 Å². The first-order valence-corrected chi connectivity index (χ1v) is 9.01. The smallest absolute Gasteiger partial charge is 0.361 e.